The lowest BCUT2D eigenvalue weighted by Crippen LogP contribution is -2.59. The van der Waals surface area contributed by atoms with Gasteiger partial charge in [0.25, 0.3) is 0 Å². The minimum atomic E-state index is -1.47. The molecule has 3 atom stereocenters. The standard InChI is InChI=1S/C24H29N3O6/c1-13-7-17(29)8-14(2)18(13)10-19(25)23(31)27-11-16-6-4-3-5-15(16)9-21(27)22(30)26-20(12-28)24(32)33/h3-8,19-21,28-29H,9-12,25H2,1-2H3,(H,26,30)(H,32,33)/t19-,20-,21-/m0/s1. The first-order chi connectivity index (χ1) is 15.6. The molecule has 176 valence electrons. The van der Waals surface area contributed by atoms with Crippen LogP contribution in [0.25, 0.3) is 0 Å². The molecule has 0 aromatic heterocycles. The molecule has 2 aromatic rings. The Labute approximate surface area is 191 Å². The number of hydrogen-bond donors (Lipinski definition) is 5. The highest BCUT2D eigenvalue weighted by Gasteiger charge is 2.38. The molecule has 0 bridgehead atoms. The van der Waals surface area contributed by atoms with Gasteiger partial charge in [-0.3, -0.25) is 9.59 Å². The van der Waals surface area contributed by atoms with Gasteiger partial charge in [0.2, 0.25) is 11.8 Å². The van der Waals surface area contributed by atoms with E-state index in [1.807, 2.05) is 38.1 Å². The van der Waals surface area contributed by atoms with Gasteiger partial charge in [-0.25, -0.2) is 4.79 Å². The number of hydrogen-bond acceptors (Lipinski definition) is 6. The molecule has 0 unspecified atom stereocenters. The molecule has 0 spiro atoms. The Morgan fingerprint density at radius 3 is 2.33 bits per heavy atom. The zero-order chi connectivity index (χ0) is 24.3. The van der Waals surface area contributed by atoms with Crippen LogP contribution in [0.5, 0.6) is 5.75 Å². The van der Waals surface area contributed by atoms with E-state index < -0.39 is 42.5 Å². The Bertz CT molecular complexity index is 1050. The lowest BCUT2D eigenvalue weighted by atomic mass is 9.91. The first-order valence-corrected chi connectivity index (χ1v) is 10.7. The van der Waals surface area contributed by atoms with Crippen molar-refractivity contribution >= 4 is 17.8 Å². The summed E-state index contributed by atoms with van der Waals surface area (Å²) in [5.41, 5.74) is 10.5. The molecule has 1 aliphatic rings. The minimum Gasteiger partial charge on any atom is -0.508 e. The highest BCUT2D eigenvalue weighted by molar-refractivity contribution is 5.92. The third kappa shape index (κ3) is 5.32. The first kappa shape index (κ1) is 24.2. The molecule has 9 heteroatoms. The molecule has 33 heavy (non-hydrogen) atoms. The Morgan fingerprint density at radius 1 is 1.15 bits per heavy atom. The van der Waals surface area contributed by atoms with Crippen molar-refractivity contribution in [1.82, 2.24) is 10.2 Å². The van der Waals surface area contributed by atoms with Crippen molar-refractivity contribution in [2.24, 2.45) is 5.73 Å². The number of aliphatic carboxylic acids is 1. The summed E-state index contributed by atoms with van der Waals surface area (Å²) in [5, 5.41) is 30.6. The van der Waals surface area contributed by atoms with Gasteiger partial charge in [0.15, 0.2) is 0 Å². The summed E-state index contributed by atoms with van der Waals surface area (Å²) in [6.45, 7) is 3.05. The van der Waals surface area contributed by atoms with Crippen molar-refractivity contribution < 1.29 is 29.7 Å². The van der Waals surface area contributed by atoms with Crippen LogP contribution >= 0.6 is 0 Å². The average molecular weight is 456 g/mol. The predicted molar refractivity (Wildman–Crippen MR) is 120 cm³/mol. The van der Waals surface area contributed by atoms with Gasteiger partial charge in [-0.2, -0.15) is 0 Å². The van der Waals surface area contributed by atoms with Gasteiger partial charge in [0.05, 0.1) is 12.6 Å². The summed E-state index contributed by atoms with van der Waals surface area (Å²) in [5.74, 6) is -2.33. The summed E-state index contributed by atoms with van der Waals surface area (Å²) in [6.07, 6.45) is 0.424. The number of carbonyl (C=O) groups is 3. The number of carboxylic acids is 1. The van der Waals surface area contributed by atoms with Crippen molar-refractivity contribution in [3.63, 3.8) is 0 Å². The number of rotatable bonds is 7. The van der Waals surface area contributed by atoms with E-state index in [2.05, 4.69) is 5.32 Å². The van der Waals surface area contributed by atoms with Crippen LogP contribution in [-0.4, -0.2) is 62.7 Å². The Morgan fingerprint density at radius 2 is 1.76 bits per heavy atom. The Hall–Kier alpha value is -3.43. The smallest absolute Gasteiger partial charge is 0.328 e. The molecule has 1 heterocycles. The van der Waals surface area contributed by atoms with Gasteiger partial charge in [0, 0.05) is 13.0 Å². The third-order valence-electron chi connectivity index (χ3n) is 6.05. The number of amides is 2. The second-order valence-electron chi connectivity index (χ2n) is 8.41. The maximum Gasteiger partial charge on any atom is 0.328 e. The summed E-state index contributed by atoms with van der Waals surface area (Å²) in [6, 6.07) is 7.25. The van der Waals surface area contributed by atoms with E-state index in [-0.39, 0.29) is 25.1 Å². The summed E-state index contributed by atoms with van der Waals surface area (Å²) < 4.78 is 0. The van der Waals surface area contributed by atoms with Crippen LogP contribution in [-0.2, 0) is 33.8 Å². The number of carbonyl (C=O) groups excluding carboxylic acids is 2. The molecule has 0 radical (unpaired) electrons. The van der Waals surface area contributed by atoms with Gasteiger partial charge < -0.3 is 31.3 Å². The van der Waals surface area contributed by atoms with E-state index in [1.54, 1.807) is 12.1 Å². The lowest BCUT2D eigenvalue weighted by molar-refractivity contribution is -0.146. The van der Waals surface area contributed by atoms with E-state index in [0.717, 1.165) is 27.8 Å². The Kier molecular flexibility index (Phi) is 7.35. The molecule has 2 amide bonds. The fraction of sp³-hybridized carbons (Fsp3) is 0.375. The second kappa shape index (κ2) is 10.0. The van der Waals surface area contributed by atoms with Crippen LogP contribution in [0.4, 0.5) is 0 Å². The van der Waals surface area contributed by atoms with Crippen LogP contribution in [0.2, 0.25) is 0 Å². The fourth-order valence-electron chi connectivity index (χ4n) is 4.25. The van der Waals surface area contributed by atoms with Gasteiger partial charge in [-0.05, 0) is 60.2 Å². The normalized spacial score (nSPS) is 17.1. The number of nitrogens with one attached hydrogen (secondary N) is 1. The van der Waals surface area contributed by atoms with E-state index in [1.165, 1.54) is 4.90 Å². The summed E-state index contributed by atoms with van der Waals surface area (Å²) in [7, 11) is 0. The van der Waals surface area contributed by atoms with Crippen LogP contribution in [0.15, 0.2) is 36.4 Å². The molecular formula is C24H29N3O6. The van der Waals surface area contributed by atoms with E-state index in [0.29, 0.717) is 0 Å². The second-order valence-corrected chi connectivity index (χ2v) is 8.41. The topological polar surface area (TPSA) is 153 Å². The molecular weight excluding hydrogens is 426 g/mol. The predicted octanol–water partition coefficient (Wildman–Crippen LogP) is 0.394. The number of phenolic OH excluding ortho intramolecular Hbond substituents is 1. The molecule has 1 aliphatic heterocycles. The van der Waals surface area contributed by atoms with Gasteiger partial charge in [0.1, 0.15) is 17.8 Å². The zero-order valence-corrected chi connectivity index (χ0v) is 18.6. The summed E-state index contributed by atoms with van der Waals surface area (Å²) in [4.78, 5) is 39.0. The number of benzene rings is 2. The number of phenols is 1. The van der Waals surface area contributed by atoms with E-state index in [9.17, 15) is 29.7 Å². The number of aromatic hydroxyl groups is 1. The average Bonchev–Trinajstić information content (AvgIpc) is 2.77. The first-order valence-electron chi connectivity index (χ1n) is 10.7. The van der Waals surface area contributed by atoms with Crippen molar-refractivity contribution in [3.05, 3.63) is 64.2 Å². The van der Waals surface area contributed by atoms with Gasteiger partial charge in [-0.15, -0.1) is 0 Å². The number of aliphatic hydroxyl groups excluding tert-OH is 1. The van der Waals surface area contributed by atoms with Crippen LogP contribution < -0.4 is 11.1 Å². The van der Waals surface area contributed by atoms with Crippen LogP contribution in [0.1, 0.15) is 27.8 Å². The van der Waals surface area contributed by atoms with Crippen molar-refractivity contribution in [1.29, 1.82) is 0 Å². The van der Waals surface area contributed by atoms with Crippen LogP contribution in [0, 0.1) is 13.8 Å². The minimum absolute atomic E-state index is 0.134. The molecule has 0 saturated heterocycles. The molecule has 0 fully saturated rings. The largest absolute Gasteiger partial charge is 0.508 e. The van der Waals surface area contributed by atoms with Gasteiger partial charge in [-0.1, -0.05) is 24.3 Å². The van der Waals surface area contributed by atoms with E-state index >= 15 is 0 Å². The number of nitrogens with zero attached hydrogens (tertiary/aromatic N) is 1. The number of aryl methyl sites for hydroxylation is 2. The maximum atomic E-state index is 13.4. The molecule has 0 saturated carbocycles. The SMILES string of the molecule is Cc1cc(O)cc(C)c1C[C@H](N)C(=O)N1Cc2ccccc2C[C@H]1C(=O)N[C@@H](CO)C(=O)O. The highest BCUT2D eigenvalue weighted by Crippen LogP contribution is 2.26. The lowest BCUT2D eigenvalue weighted by Gasteiger charge is -2.37. The molecule has 3 rings (SSSR count). The number of carboxylic acid groups (broad SMARTS) is 1. The number of fused-ring (bicyclic) bond motifs is 1. The third-order valence-corrected chi connectivity index (χ3v) is 6.05. The number of aliphatic hydroxyl groups is 1. The van der Waals surface area contributed by atoms with Gasteiger partial charge >= 0.3 is 5.97 Å². The molecule has 2 aromatic carbocycles. The Balaban J connectivity index is 1.87. The summed E-state index contributed by atoms with van der Waals surface area (Å²) >= 11 is 0. The van der Waals surface area contributed by atoms with Crippen molar-refractivity contribution in [3.8, 4) is 5.75 Å². The quantitative estimate of drug-likeness (QED) is 0.405. The monoisotopic (exact) mass is 455 g/mol. The van der Waals surface area contributed by atoms with E-state index in [4.69, 9.17) is 5.73 Å². The fourth-order valence-corrected chi connectivity index (χ4v) is 4.25. The highest BCUT2D eigenvalue weighted by atomic mass is 16.4. The van der Waals surface area contributed by atoms with Crippen LogP contribution in [0.3, 0.4) is 0 Å². The maximum absolute atomic E-state index is 13.4. The molecule has 6 N–H and O–H groups in total. The molecule has 9 nitrogen and oxygen atoms in total. The zero-order valence-electron chi connectivity index (χ0n) is 18.6. The molecule has 0 aliphatic carbocycles. The van der Waals surface area contributed by atoms with Crippen molar-refractivity contribution in [2.75, 3.05) is 6.61 Å². The van der Waals surface area contributed by atoms with Crippen molar-refractivity contribution in [2.45, 2.75) is 51.4 Å². The number of nitrogens with two attached hydrogens (primary N) is 1.